The summed E-state index contributed by atoms with van der Waals surface area (Å²) < 4.78 is 12.9. The second-order valence-corrected chi connectivity index (χ2v) is 3.82. The maximum absolute atomic E-state index is 12.9. The Morgan fingerprint density at radius 2 is 1.80 bits per heavy atom. The highest BCUT2D eigenvalue weighted by Crippen LogP contribution is 2.21. The lowest BCUT2D eigenvalue weighted by Gasteiger charge is -2.30. The lowest BCUT2D eigenvalue weighted by Crippen LogP contribution is -2.34. The van der Waals surface area contributed by atoms with Crippen LogP contribution < -0.4 is 4.90 Å². The first-order valence-electron chi connectivity index (χ1n) is 5.19. The fraction of sp³-hybridized carbons (Fsp3) is 0.417. The fourth-order valence-electron chi connectivity index (χ4n) is 1.85. The van der Waals surface area contributed by atoms with E-state index in [1.54, 1.807) is 12.1 Å². The van der Waals surface area contributed by atoms with Crippen molar-refractivity contribution in [1.82, 2.24) is 0 Å². The summed E-state index contributed by atoms with van der Waals surface area (Å²) in [6.07, 6.45) is 0.583. The van der Waals surface area contributed by atoms with Gasteiger partial charge in [-0.05, 0) is 37.1 Å². The summed E-state index contributed by atoms with van der Waals surface area (Å²) in [5.41, 5.74) is 1.75. The SMILES string of the molecule is N#Cc1ccc(N2CCC(F)CC2)cc1. The Morgan fingerprint density at radius 3 is 2.33 bits per heavy atom. The number of rotatable bonds is 1. The summed E-state index contributed by atoms with van der Waals surface area (Å²) in [5.74, 6) is 0. The highest BCUT2D eigenvalue weighted by Gasteiger charge is 2.18. The number of nitriles is 1. The van der Waals surface area contributed by atoms with Crippen LogP contribution in [0.3, 0.4) is 0 Å². The van der Waals surface area contributed by atoms with E-state index in [-0.39, 0.29) is 0 Å². The second kappa shape index (κ2) is 4.31. The molecule has 1 aliphatic rings. The van der Waals surface area contributed by atoms with Crippen LogP contribution in [0.25, 0.3) is 0 Å². The lowest BCUT2D eigenvalue weighted by atomic mass is 10.1. The molecule has 2 nitrogen and oxygen atoms in total. The largest absolute Gasteiger partial charge is 0.371 e. The molecular weight excluding hydrogens is 191 g/mol. The summed E-state index contributed by atoms with van der Waals surface area (Å²) in [6, 6.07) is 9.55. The molecular formula is C12H13FN2. The summed E-state index contributed by atoms with van der Waals surface area (Å²) in [7, 11) is 0. The summed E-state index contributed by atoms with van der Waals surface area (Å²) in [6.45, 7) is 1.54. The van der Waals surface area contributed by atoms with Crippen LogP contribution in [0.5, 0.6) is 0 Å². The average molecular weight is 204 g/mol. The zero-order valence-electron chi connectivity index (χ0n) is 8.49. The Kier molecular flexibility index (Phi) is 2.86. The molecule has 3 heteroatoms. The Balaban J connectivity index is 2.07. The van der Waals surface area contributed by atoms with Gasteiger partial charge in [-0.25, -0.2) is 4.39 Å². The fourth-order valence-corrected chi connectivity index (χ4v) is 1.85. The second-order valence-electron chi connectivity index (χ2n) is 3.82. The molecule has 0 amide bonds. The molecule has 1 aromatic rings. The van der Waals surface area contributed by atoms with Gasteiger partial charge in [-0.15, -0.1) is 0 Å². The van der Waals surface area contributed by atoms with Crippen molar-refractivity contribution in [3.8, 4) is 6.07 Å². The van der Waals surface area contributed by atoms with Gasteiger partial charge < -0.3 is 4.90 Å². The number of piperidine rings is 1. The van der Waals surface area contributed by atoms with Gasteiger partial charge in [0.1, 0.15) is 6.17 Å². The Hall–Kier alpha value is -1.56. The third-order valence-electron chi connectivity index (χ3n) is 2.79. The predicted octanol–water partition coefficient (Wildman–Crippen LogP) is 2.50. The lowest BCUT2D eigenvalue weighted by molar-refractivity contribution is 0.277. The van der Waals surface area contributed by atoms with Crippen LogP contribution in [-0.4, -0.2) is 19.3 Å². The quantitative estimate of drug-likeness (QED) is 0.702. The van der Waals surface area contributed by atoms with Gasteiger partial charge in [0.05, 0.1) is 11.6 Å². The van der Waals surface area contributed by atoms with E-state index in [1.807, 2.05) is 12.1 Å². The van der Waals surface area contributed by atoms with E-state index in [1.165, 1.54) is 0 Å². The van der Waals surface area contributed by atoms with Gasteiger partial charge in [0.25, 0.3) is 0 Å². The monoisotopic (exact) mass is 204 g/mol. The van der Waals surface area contributed by atoms with Crippen molar-refractivity contribution in [2.75, 3.05) is 18.0 Å². The zero-order chi connectivity index (χ0) is 10.7. The molecule has 0 aliphatic carbocycles. The highest BCUT2D eigenvalue weighted by molar-refractivity contribution is 5.49. The number of alkyl halides is 1. The maximum Gasteiger partial charge on any atom is 0.103 e. The molecule has 0 unspecified atom stereocenters. The topological polar surface area (TPSA) is 27.0 Å². The number of halogens is 1. The van der Waals surface area contributed by atoms with Crippen LogP contribution in [-0.2, 0) is 0 Å². The van der Waals surface area contributed by atoms with Crippen molar-refractivity contribution in [2.45, 2.75) is 19.0 Å². The van der Waals surface area contributed by atoms with Gasteiger partial charge in [-0.3, -0.25) is 0 Å². The zero-order valence-corrected chi connectivity index (χ0v) is 8.49. The van der Waals surface area contributed by atoms with Crippen molar-refractivity contribution in [3.05, 3.63) is 29.8 Å². The predicted molar refractivity (Wildman–Crippen MR) is 57.5 cm³/mol. The standard InChI is InChI=1S/C12H13FN2/c13-11-5-7-15(8-6-11)12-3-1-10(9-14)2-4-12/h1-4,11H,5-8H2. The van der Waals surface area contributed by atoms with E-state index in [2.05, 4.69) is 11.0 Å². The number of anilines is 1. The van der Waals surface area contributed by atoms with Crippen LogP contribution in [0, 0.1) is 11.3 Å². The van der Waals surface area contributed by atoms with Crippen LogP contribution in [0.15, 0.2) is 24.3 Å². The Bertz CT molecular complexity index is 358. The molecule has 1 fully saturated rings. The third-order valence-corrected chi connectivity index (χ3v) is 2.79. The molecule has 1 aromatic carbocycles. The van der Waals surface area contributed by atoms with E-state index < -0.39 is 6.17 Å². The van der Waals surface area contributed by atoms with Crippen LogP contribution in [0.2, 0.25) is 0 Å². The van der Waals surface area contributed by atoms with E-state index in [9.17, 15) is 4.39 Å². The van der Waals surface area contributed by atoms with Crippen LogP contribution in [0.4, 0.5) is 10.1 Å². The minimum atomic E-state index is -0.639. The van der Waals surface area contributed by atoms with Gasteiger partial charge in [0.15, 0.2) is 0 Å². The van der Waals surface area contributed by atoms with Gasteiger partial charge in [-0.2, -0.15) is 5.26 Å². The van der Waals surface area contributed by atoms with Gasteiger partial charge in [-0.1, -0.05) is 0 Å². The van der Waals surface area contributed by atoms with Crippen molar-refractivity contribution >= 4 is 5.69 Å². The number of hydrogen-bond acceptors (Lipinski definition) is 2. The van der Waals surface area contributed by atoms with Gasteiger partial charge >= 0.3 is 0 Å². The van der Waals surface area contributed by atoms with E-state index in [4.69, 9.17) is 5.26 Å². The molecule has 0 saturated carbocycles. The first kappa shape index (κ1) is 9.97. The maximum atomic E-state index is 12.9. The summed E-state index contributed by atoms with van der Waals surface area (Å²) in [5, 5.41) is 8.66. The van der Waals surface area contributed by atoms with Gasteiger partial charge in [0.2, 0.25) is 0 Å². The molecule has 0 radical (unpaired) electrons. The Morgan fingerprint density at radius 1 is 1.20 bits per heavy atom. The number of hydrogen-bond donors (Lipinski definition) is 0. The minimum absolute atomic E-state index is 0.611. The third kappa shape index (κ3) is 2.27. The van der Waals surface area contributed by atoms with E-state index >= 15 is 0 Å². The van der Waals surface area contributed by atoms with Crippen molar-refractivity contribution in [2.24, 2.45) is 0 Å². The molecule has 78 valence electrons. The first-order chi connectivity index (χ1) is 7.29. The smallest absolute Gasteiger partial charge is 0.103 e. The van der Waals surface area contributed by atoms with Crippen LogP contribution >= 0.6 is 0 Å². The van der Waals surface area contributed by atoms with Crippen molar-refractivity contribution < 1.29 is 4.39 Å². The molecule has 0 spiro atoms. The normalized spacial score (nSPS) is 17.5. The van der Waals surface area contributed by atoms with E-state index in [0.29, 0.717) is 18.4 Å². The molecule has 0 aromatic heterocycles. The molecule has 0 bridgehead atoms. The molecule has 1 heterocycles. The van der Waals surface area contributed by atoms with E-state index in [0.717, 1.165) is 18.8 Å². The molecule has 1 aliphatic heterocycles. The first-order valence-corrected chi connectivity index (χ1v) is 5.19. The molecule has 0 atom stereocenters. The molecule has 0 N–H and O–H groups in total. The number of nitrogens with zero attached hydrogens (tertiary/aromatic N) is 2. The number of benzene rings is 1. The minimum Gasteiger partial charge on any atom is -0.371 e. The molecule has 15 heavy (non-hydrogen) atoms. The van der Waals surface area contributed by atoms with Crippen molar-refractivity contribution in [1.29, 1.82) is 5.26 Å². The van der Waals surface area contributed by atoms with Gasteiger partial charge in [0, 0.05) is 18.8 Å². The molecule has 2 rings (SSSR count). The average Bonchev–Trinajstić information content (AvgIpc) is 2.30. The summed E-state index contributed by atoms with van der Waals surface area (Å²) >= 11 is 0. The highest BCUT2D eigenvalue weighted by atomic mass is 19.1. The summed E-state index contributed by atoms with van der Waals surface area (Å²) in [4.78, 5) is 2.16. The van der Waals surface area contributed by atoms with Crippen LogP contribution in [0.1, 0.15) is 18.4 Å². The van der Waals surface area contributed by atoms with Crippen molar-refractivity contribution in [3.63, 3.8) is 0 Å². The Labute approximate surface area is 88.9 Å². The molecule has 1 saturated heterocycles.